The van der Waals surface area contributed by atoms with Crippen LogP contribution in [0, 0.1) is 0 Å². The van der Waals surface area contributed by atoms with Gasteiger partial charge in [-0.15, -0.1) is 0 Å². The molecule has 7 heteroatoms. The van der Waals surface area contributed by atoms with Crippen LogP contribution in [0.5, 0.6) is 0 Å². The van der Waals surface area contributed by atoms with Gasteiger partial charge in [0.05, 0.1) is 11.1 Å². The lowest BCUT2D eigenvalue weighted by molar-refractivity contribution is 0.0696. The summed E-state index contributed by atoms with van der Waals surface area (Å²) in [5.41, 5.74) is 1.18. The molecule has 1 amide bonds. The molecule has 0 aromatic heterocycles. The molecule has 0 aliphatic rings. The van der Waals surface area contributed by atoms with E-state index in [9.17, 15) is 14.4 Å². The summed E-state index contributed by atoms with van der Waals surface area (Å²) in [7, 11) is 0. The molecule has 0 saturated heterocycles. The van der Waals surface area contributed by atoms with Crippen LogP contribution in [0.3, 0.4) is 0 Å². The number of carboxylic acid groups (broad SMARTS) is 2. The van der Waals surface area contributed by atoms with Crippen LogP contribution in [0.15, 0.2) is 42.5 Å². The number of aromatic carboxylic acids is 2. The summed E-state index contributed by atoms with van der Waals surface area (Å²) >= 11 is 1.67. The number of rotatable bonds is 6. The van der Waals surface area contributed by atoms with Crippen molar-refractivity contribution in [2.75, 3.05) is 11.6 Å². The highest BCUT2D eigenvalue weighted by Crippen LogP contribution is 2.17. The van der Waals surface area contributed by atoms with E-state index in [0.717, 1.165) is 17.4 Å². The van der Waals surface area contributed by atoms with E-state index in [1.807, 2.05) is 18.4 Å². The smallest absolute Gasteiger partial charge is 0.335 e. The Morgan fingerprint density at radius 2 is 1.46 bits per heavy atom. The van der Waals surface area contributed by atoms with Crippen LogP contribution < -0.4 is 5.32 Å². The van der Waals surface area contributed by atoms with E-state index in [1.165, 1.54) is 12.1 Å². The molecule has 0 aliphatic heterocycles. The Labute approximate surface area is 142 Å². The highest BCUT2D eigenvalue weighted by Gasteiger charge is 2.13. The van der Waals surface area contributed by atoms with Gasteiger partial charge in [-0.05, 0) is 42.2 Å². The average molecular weight is 345 g/mol. The van der Waals surface area contributed by atoms with Gasteiger partial charge in [-0.25, -0.2) is 9.59 Å². The fourth-order valence-electron chi connectivity index (χ4n) is 2.07. The second-order valence-corrected chi connectivity index (χ2v) is 5.86. The van der Waals surface area contributed by atoms with Crippen molar-refractivity contribution < 1.29 is 24.6 Å². The summed E-state index contributed by atoms with van der Waals surface area (Å²) in [4.78, 5) is 34.4. The van der Waals surface area contributed by atoms with Gasteiger partial charge in [0, 0.05) is 17.0 Å². The van der Waals surface area contributed by atoms with Gasteiger partial charge in [0.15, 0.2) is 0 Å². The molecule has 24 heavy (non-hydrogen) atoms. The summed E-state index contributed by atoms with van der Waals surface area (Å²) in [6.45, 7) is 0. The van der Waals surface area contributed by atoms with E-state index in [2.05, 4.69) is 5.32 Å². The SMILES string of the molecule is CSCc1ccc(C(=O)Nc2cc(C(=O)O)cc(C(=O)O)c2)cc1. The van der Waals surface area contributed by atoms with Crippen LogP contribution in [0.1, 0.15) is 36.6 Å². The standard InChI is InChI=1S/C17H15NO5S/c1-24-9-10-2-4-11(5-3-10)15(19)18-14-7-12(16(20)21)6-13(8-14)17(22)23/h2-8H,9H2,1H3,(H,18,19)(H,20,21)(H,22,23). The highest BCUT2D eigenvalue weighted by atomic mass is 32.2. The van der Waals surface area contributed by atoms with Gasteiger partial charge in [-0.2, -0.15) is 11.8 Å². The zero-order valence-corrected chi connectivity index (χ0v) is 13.6. The van der Waals surface area contributed by atoms with E-state index in [-0.39, 0.29) is 16.8 Å². The van der Waals surface area contributed by atoms with Crippen LogP contribution in [-0.4, -0.2) is 34.3 Å². The molecule has 0 heterocycles. The summed E-state index contributed by atoms with van der Waals surface area (Å²) < 4.78 is 0. The topological polar surface area (TPSA) is 104 Å². The van der Waals surface area contributed by atoms with Crippen molar-refractivity contribution in [2.24, 2.45) is 0 Å². The number of hydrogen-bond donors (Lipinski definition) is 3. The Balaban J connectivity index is 2.24. The first kappa shape index (κ1) is 17.6. The number of amides is 1. The average Bonchev–Trinajstić information content (AvgIpc) is 2.55. The second kappa shape index (κ2) is 7.65. The van der Waals surface area contributed by atoms with Crippen molar-refractivity contribution >= 4 is 35.3 Å². The molecule has 0 radical (unpaired) electrons. The number of thioether (sulfide) groups is 1. The molecule has 2 aromatic carbocycles. The summed E-state index contributed by atoms with van der Waals surface area (Å²) in [5.74, 6) is -2.14. The van der Waals surface area contributed by atoms with E-state index in [0.29, 0.717) is 5.56 Å². The minimum atomic E-state index is -1.27. The highest BCUT2D eigenvalue weighted by molar-refractivity contribution is 7.97. The van der Waals surface area contributed by atoms with Gasteiger partial charge in [0.1, 0.15) is 0 Å². The first-order chi connectivity index (χ1) is 11.4. The molecule has 0 fully saturated rings. The number of nitrogens with one attached hydrogen (secondary N) is 1. The first-order valence-electron chi connectivity index (χ1n) is 6.91. The van der Waals surface area contributed by atoms with Crippen LogP contribution in [0.2, 0.25) is 0 Å². The predicted molar refractivity (Wildman–Crippen MR) is 92.0 cm³/mol. The van der Waals surface area contributed by atoms with Crippen LogP contribution in [0.25, 0.3) is 0 Å². The third-order valence-corrected chi connectivity index (χ3v) is 3.83. The van der Waals surface area contributed by atoms with Gasteiger partial charge in [0.25, 0.3) is 5.91 Å². The van der Waals surface area contributed by atoms with Gasteiger partial charge in [-0.3, -0.25) is 4.79 Å². The third-order valence-electron chi connectivity index (χ3n) is 3.21. The molecular formula is C17H15NO5S. The summed E-state index contributed by atoms with van der Waals surface area (Å²) in [6.07, 6.45) is 1.98. The monoisotopic (exact) mass is 345 g/mol. The van der Waals surface area contributed by atoms with Crippen molar-refractivity contribution in [3.63, 3.8) is 0 Å². The zero-order valence-electron chi connectivity index (χ0n) is 12.8. The molecule has 0 spiro atoms. The number of carbonyl (C=O) groups excluding carboxylic acids is 1. The maximum atomic E-state index is 12.2. The molecule has 6 nitrogen and oxygen atoms in total. The molecule has 0 unspecified atom stereocenters. The van der Waals surface area contributed by atoms with Gasteiger partial charge < -0.3 is 15.5 Å². The number of carboxylic acids is 2. The lowest BCUT2D eigenvalue weighted by Gasteiger charge is -2.08. The molecule has 2 aromatic rings. The van der Waals surface area contributed by atoms with Crippen molar-refractivity contribution in [3.05, 3.63) is 64.7 Å². The molecule has 3 N–H and O–H groups in total. The first-order valence-corrected chi connectivity index (χ1v) is 8.31. The molecule has 0 atom stereocenters. The lowest BCUT2D eigenvalue weighted by atomic mass is 10.1. The summed E-state index contributed by atoms with van der Waals surface area (Å²) in [5, 5.41) is 20.6. The van der Waals surface area contributed by atoms with Crippen molar-refractivity contribution in [2.45, 2.75) is 5.75 Å². The quantitative estimate of drug-likeness (QED) is 0.743. The fourth-order valence-corrected chi connectivity index (χ4v) is 2.59. The molecule has 0 aliphatic carbocycles. The Morgan fingerprint density at radius 3 is 1.92 bits per heavy atom. The predicted octanol–water partition coefficient (Wildman–Crippen LogP) is 3.20. The van der Waals surface area contributed by atoms with E-state index in [1.54, 1.807) is 23.9 Å². The van der Waals surface area contributed by atoms with Crippen LogP contribution in [-0.2, 0) is 5.75 Å². The van der Waals surface area contributed by atoms with Crippen molar-refractivity contribution in [3.8, 4) is 0 Å². The second-order valence-electron chi connectivity index (χ2n) is 4.99. The van der Waals surface area contributed by atoms with Crippen LogP contribution in [0.4, 0.5) is 5.69 Å². The third kappa shape index (κ3) is 4.36. The number of anilines is 1. The lowest BCUT2D eigenvalue weighted by Crippen LogP contribution is -2.13. The molecule has 124 valence electrons. The molecule has 0 bridgehead atoms. The fraction of sp³-hybridized carbons (Fsp3) is 0.118. The van der Waals surface area contributed by atoms with Gasteiger partial charge >= 0.3 is 11.9 Å². The molecule has 2 rings (SSSR count). The Kier molecular flexibility index (Phi) is 5.59. The Morgan fingerprint density at radius 1 is 0.917 bits per heavy atom. The normalized spacial score (nSPS) is 10.2. The Bertz CT molecular complexity index is 754. The van der Waals surface area contributed by atoms with Crippen molar-refractivity contribution in [1.29, 1.82) is 0 Å². The minimum absolute atomic E-state index is 0.116. The number of hydrogen-bond acceptors (Lipinski definition) is 4. The van der Waals surface area contributed by atoms with E-state index in [4.69, 9.17) is 10.2 Å². The molecular weight excluding hydrogens is 330 g/mol. The Hall–Kier alpha value is -2.80. The van der Waals surface area contributed by atoms with E-state index < -0.39 is 17.8 Å². The maximum Gasteiger partial charge on any atom is 0.335 e. The van der Waals surface area contributed by atoms with Gasteiger partial charge in [0.2, 0.25) is 0 Å². The van der Waals surface area contributed by atoms with Crippen molar-refractivity contribution in [1.82, 2.24) is 0 Å². The van der Waals surface area contributed by atoms with Crippen LogP contribution >= 0.6 is 11.8 Å². The minimum Gasteiger partial charge on any atom is -0.478 e. The zero-order chi connectivity index (χ0) is 17.7. The number of benzene rings is 2. The molecule has 0 saturated carbocycles. The number of carbonyl (C=O) groups is 3. The van der Waals surface area contributed by atoms with Gasteiger partial charge in [-0.1, -0.05) is 12.1 Å². The largest absolute Gasteiger partial charge is 0.478 e. The summed E-state index contributed by atoms with van der Waals surface area (Å²) in [6, 6.07) is 10.5. The maximum absolute atomic E-state index is 12.2. The van der Waals surface area contributed by atoms with E-state index >= 15 is 0 Å².